The number of amides is 1. The molecule has 94 valence electrons. The van der Waals surface area contributed by atoms with E-state index < -0.39 is 0 Å². The fourth-order valence-electron chi connectivity index (χ4n) is 1.71. The SMILES string of the molecule is CCCn1cccc1C(=O)Nc1ncccc1Cl. The van der Waals surface area contributed by atoms with Crippen molar-refractivity contribution in [2.75, 3.05) is 5.32 Å². The molecule has 0 aliphatic rings. The van der Waals surface area contributed by atoms with Crippen LogP contribution in [0.2, 0.25) is 5.02 Å². The minimum Gasteiger partial charge on any atom is -0.344 e. The van der Waals surface area contributed by atoms with Crippen LogP contribution in [0.3, 0.4) is 0 Å². The van der Waals surface area contributed by atoms with Gasteiger partial charge in [0.2, 0.25) is 0 Å². The summed E-state index contributed by atoms with van der Waals surface area (Å²) in [7, 11) is 0. The Hall–Kier alpha value is -1.81. The van der Waals surface area contributed by atoms with E-state index in [0.29, 0.717) is 16.5 Å². The number of hydrogen-bond acceptors (Lipinski definition) is 2. The Balaban J connectivity index is 2.17. The van der Waals surface area contributed by atoms with Crippen LogP contribution in [0.15, 0.2) is 36.7 Å². The molecule has 0 aliphatic carbocycles. The van der Waals surface area contributed by atoms with E-state index in [0.717, 1.165) is 13.0 Å². The largest absolute Gasteiger partial charge is 0.344 e. The Bertz CT molecular complexity index is 551. The summed E-state index contributed by atoms with van der Waals surface area (Å²) in [5, 5.41) is 3.14. The second-order valence-corrected chi connectivity index (χ2v) is 4.28. The maximum atomic E-state index is 12.1. The first-order valence-electron chi connectivity index (χ1n) is 5.79. The predicted octanol–water partition coefficient (Wildman–Crippen LogP) is 3.20. The lowest BCUT2D eigenvalue weighted by molar-refractivity contribution is 0.101. The molecule has 2 rings (SSSR count). The predicted molar refractivity (Wildman–Crippen MR) is 71.9 cm³/mol. The van der Waals surface area contributed by atoms with Crippen LogP contribution in [0, 0.1) is 0 Å². The number of halogens is 1. The Kier molecular flexibility index (Phi) is 3.99. The van der Waals surface area contributed by atoms with E-state index in [4.69, 9.17) is 11.6 Å². The molecule has 0 aliphatic heterocycles. The van der Waals surface area contributed by atoms with E-state index in [2.05, 4.69) is 17.2 Å². The number of carbonyl (C=O) groups excluding carboxylic acids is 1. The van der Waals surface area contributed by atoms with Gasteiger partial charge in [-0.25, -0.2) is 4.98 Å². The van der Waals surface area contributed by atoms with E-state index in [1.807, 2.05) is 16.8 Å². The molecule has 1 N–H and O–H groups in total. The summed E-state index contributed by atoms with van der Waals surface area (Å²) >= 11 is 5.95. The van der Waals surface area contributed by atoms with Crippen LogP contribution < -0.4 is 5.32 Å². The summed E-state index contributed by atoms with van der Waals surface area (Å²) in [6.45, 7) is 2.88. The quantitative estimate of drug-likeness (QED) is 0.921. The highest BCUT2D eigenvalue weighted by molar-refractivity contribution is 6.33. The molecule has 5 heteroatoms. The van der Waals surface area contributed by atoms with Gasteiger partial charge < -0.3 is 9.88 Å². The van der Waals surface area contributed by atoms with Crippen molar-refractivity contribution in [1.82, 2.24) is 9.55 Å². The molecule has 0 spiro atoms. The lowest BCUT2D eigenvalue weighted by Crippen LogP contribution is -2.17. The first-order chi connectivity index (χ1) is 8.72. The first-order valence-corrected chi connectivity index (χ1v) is 6.17. The molecule has 0 unspecified atom stereocenters. The average molecular weight is 264 g/mol. The van der Waals surface area contributed by atoms with Crippen molar-refractivity contribution in [3.05, 3.63) is 47.4 Å². The van der Waals surface area contributed by atoms with E-state index in [1.165, 1.54) is 0 Å². The molecule has 2 aromatic heterocycles. The van der Waals surface area contributed by atoms with Crippen LogP contribution >= 0.6 is 11.6 Å². The van der Waals surface area contributed by atoms with Gasteiger partial charge in [-0.2, -0.15) is 0 Å². The zero-order valence-corrected chi connectivity index (χ0v) is 10.8. The van der Waals surface area contributed by atoms with Gasteiger partial charge in [0, 0.05) is 18.9 Å². The summed E-state index contributed by atoms with van der Waals surface area (Å²) in [5.74, 6) is 0.183. The molecule has 0 fully saturated rings. The van der Waals surface area contributed by atoms with E-state index in [-0.39, 0.29) is 5.91 Å². The molecule has 1 amide bonds. The third-order valence-electron chi connectivity index (χ3n) is 2.52. The highest BCUT2D eigenvalue weighted by atomic mass is 35.5. The van der Waals surface area contributed by atoms with Gasteiger partial charge in [-0.05, 0) is 30.7 Å². The van der Waals surface area contributed by atoms with Gasteiger partial charge in [0.1, 0.15) is 5.69 Å². The number of aromatic nitrogens is 2. The molecule has 0 radical (unpaired) electrons. The molecule has 2 heterocycles. The van der Waals surface area contributed by atoms with Crippen molar-refractivity contribution in [2.45, 2.75) is 19.9 Å². The summed E-state index contributed by atoms with van der Waals surface area (Å²) in [6.07, 6.45) is 4.45. The number of hydrogen-bond donors (Lipinski definition) is 1. The highest BCUT2D eigenvalue weighted by Gasteiger charge is 2.12. The minimum atomic E-state index is -0.200. The fraction of sp³-hybridized carbons (Fsp3) is 0.231. The van der Waals surface area contributed by atoms with Gasteiger partial charge in [-0.15, -0.1) is 0 Å². The van der Waals surface area contributed by atoms with Gasteiger partial charge >= 0.3 is 0 Å². The van der Waals surface area contributed by atoms with E-state index in [9.17, 15) is 4.79 Å². The second kappa shape index (κ2) is 5.69. The molecule has 2 aromatic rings. The smallest absolute Gasteiger partial charge is 0.273 e. The Morgan fingerprint density at radius 3 is 3.00 bits per heavy atom. The first kappa shape index (κ1) is 12.6. The van der Waals surface area contributed by atoms with Gasteiger partial charge in [0.25, 0.3) is 5.91 Å². The molecular weight excluding hydrogens is 250 g/mol. The fourth-order valence-corrected chi connectivity index (χ4v) is 1.87. The molecule has 0 saturated heterocycles. The number of aryl methyl sites for hydroxylation is 1. The minimum absolute atomic E-state index is 0.200. The number of nitrogens with one attached hydrogen (secondary N) is 1. The zero-order valence-electron chi connectivity index (χ0n) is 10.1. The molecule has 18 heavy (non-hydrogen) atoms. The Morgan fingerprint density at radius 1 is 1.44 bits per heavy atom. The number of carbonyl (C=O) groups is 1. The monoisotopic (exact) mass is 263 g/mol. The van der Waals surface area contributed by atoms with Crippen molar-refractivity contribution in [3.63, 3.8) is 0 Å². The maximum absolute atomic E-state index is 12.1. The molecule has 0 bridgehead atoms. The third kappa shape index (κ3) is 2.71. The summed E-state index contributed by atoms with van der Waals surface area (Å²) in [4.78, 5) is 16.1. The van der Waals surface area contributed by atoms with Crippen LogP contribution in [-0.4, -0.2) is 15.5 Å². The topological polar surface area (TPSA) is 46.9 Å². The van der Waals surface area contributed by atoms with Crippen LogP contribution in [0.4, 0.5) is 5.82 Å². The highest BCUT2D eigenvalue weighted by Crippen LogP contribution is 2.18. The van der Waals surface area contributed by atoms with E-state index >= 15 is 0 Å². The maximum Gasteiger partial charge on any atom is 0.273 e. The van der Waals surface area contributed by atoms with E-state index in [1.54, 1.807) is 24.4 Å². The molecule has 0 saturated carbocycles. The van der Waals surface area contributed by atoms with Crippen molar-refractivity contribution in [3.8, 4) is 0 Å². The van der Waals surface area contributed by atoms with Crippen molar-refractivity contribution >= 4 is 23.3 Å². The van der Waals surface area contributed by atoms with Gasteiger partial charge in [-0.1, -0.05) is 18.5 Å². The number of anilines is 1. The van der Waals surface area contributed by atoms with Crippen molar-refractivity contribution in [1.29, 1.82) is 0 Å². The summed E-state index contributed by atoms with van der Waals surface area (Å²) in [6, 6.07) is 7.04. The molecule has 4 nitrogen and oxygen atoms in total. The van der Waals surface area contributed by atoms with Crippen LogP contribution in [0.25, 0.3) is 0 Å². The summed E-state index contributed by atoms with van der Waals surface area (Å²) in [5.41, 5.74) is 0.610. The van der Waals surface area contributed by atoms with Crippen LogP contribution in [0.5, 0.6) is 0 Å². The lowest BCUT2D eigenvalue weighted by atomic mass is 10.3. The Labute approximate surface area is 111 Å². The van der Waals surface area contributed by atoms with Crippen LogP contribution in [0.1, 0.15) is 23.8 Å². The number of rotatable bonds is 4. The summed E-state index contributed by atoms with van der Waals surface area (Å²) < 4.78 is 1.91. The zero-order chi connectivity index (χ0) is 13.0. The second-order valence-electron chi connectivity index (χ2n) is 3.87. The van der Waals surface area contributed by atoms with Gasteiger partial charge in [0.15, 0.2) is 5.82 Å². The normalized spacial score (nSPS) is 10.3. The van der Waals surface area contributed by atoms with Gasteiger partial charge in [0.05, 0.1) is 5.02 Å². The lowest BCUT2D eigenvalue weighted by Gasteiger charge is -2.09. The molecule has 0 atom stereocenters. The number of nitrogens with zero attached hydrogens (tertiary/aromatic N) is 2. The number of pyridine rings is 1. The van der Waals surface area contributed by atoms with Crippen molar-refractivity contribution < 1.29 is 4.79 Å². The van der Waals surface area contributed by atoms with Gasteiger partial charge in [-0.3, -0.25) is 4.79 Å². The Morgan fingerprint density at radius 2 is 2.28 bits per heavy atom. The molecular formula is C13H14ClN3O. The average Bonchev–Trinajstić information content (AvgIpc) is 2.81. The molecule has 0 aromatic carbocycles. The third-order valence-corrected chi connectivity index (χ3v) is 2.82. The van der Waals surface area contributed by atoms with Crippen LogP contribution in [-0.2, 0) is 6.54 Å². The van der Waals surface area contributed by atoms with Crippen molar-refractivity contribution in [2.24, 2.45) is 0 Å². The standard InChI is InChI=1S/C13H14ClN3O/c1-2-8-17-9-4-6-11(17)13(18)16-12-10(14)5-3-7-15-12/h3-7,9H,2,8H2,1H3,(H,15,16,18).